The Hall–Kier alpha value is -0.180. The summed E-state index contributed by atoms with van der Waals surface area (Å²) in [7, 11) is 0. The fraction of sp³-hybridized carbons (Fsp3) is 1.00. The van der Waals surface area contributed by atoms with Gasteiger partial charge in [0.05, 0.1) is 6.10 Å². The minimum absolute atomic E-state index is 0.0731. The third-order valence-electron chi connectivity index (χ3n) is 2.83. The third kappa shape index (κ3) is 1.94. The van der Waals surface area contributed by atoms with Gasteiger partial charge < -0.3 is 5.11 Å². The lowest BCUT2D eigenvalue weighted by Gasteiger charge is -2.17. The van der Waals surface area contributed by atoms with Gasteiger partial charge in [-0.05, 0) is 24.7 Å². The zero-order chi connectivity index (χ0) is 9.30. The lowest BCUT2D eigenvalue weighted by atomic mass is 9.92. The van der Waals surface area contributed by atoms with Gasteiger partial charge in [0.15, 0.2) is 0 Å². The Morgan fingerprint density at radius 2 is 1.83 bits per heavy atom. The Kier molecular flexibility index (Phi) is 3.04. The molecule has 0 amide bonds. The van der Waals surface area contributed by atoms with Crippen molar-refractivity contribution in [2.75, 3.05) is 0 Å². The van der Waals surface area contributed by atoms with Crippen molar-refractivity contribution in [3.05, 3.63) is 0 Å². The molecule has 3 heteroatoms. The van der Waals surface area contributed by atoms with Gasteiger partial charge in [0.25, 0.3) is 0 Å². The molecule has 72 valence electrons. The van der Waals surface area contributed by atoms with E-state index >= 15 is 0 Å². The first kappa shape index (κ1) is 9.90. The van der Waals surface area contributed by atoms with Crippen molar-refractivity contribution >= 4 is 0 Å². The van der Waals surface area contributed by atoms with E-state index in [4.69, 9.17) is 0 Å². The maximum atomic E-state index is 12.2. The number of aliphatic hydroxyl groups excluding tert-OH is 1. The molecule has 0 saturated heterocycles. The van der Waals surface area contributed by atoms with E-state index in [9.17, 15) is 13.9 Å². The fourth-order valence-electron chi connectivity index (χ4n) is 2.01. The van der Waals surface area contributed by atoms with E-state index in [2.05, 4.69) is 0 Å². The molecule has 0 aromatic carbocycles. The molecule has 1 aliphatic rings. The van der Waals surface area contributed by atoms with E-state index in [-0.39, 0.29) is 12.3 Å². The molecule has 12 heavy (non-hydrogen) atoms. The van der Waals surface area contributed by atoms with Crippen LogP contribution in [0.5, 0.6) is 0 Å². The van der Waals surface area contributed by atoms with Crippen LogP contribution in [-0.4, -0.2) is 17.6 Å². The standard InChI is InChI=1S/C9H16F2O/c1-5(2)7-3-6(9(10)11)4-8(7)12/h5-9,12H,3-4H2,1-2H3/t6-,7-,8+/m0/s1. The topological polar surface area (TPSA) is 20.2 Å². The number of alkyl halides is 2. The molecule has 0 aliphatic heterocycles. The minimum Gasteiger partial charge on any atom is -0.393 e. The van der Waals surface area contributed by atoms with E-state index in [0.717, 1.165) is 0 Å². The van der Waals surface area contributed by atoms with Crippen LogP contribution in [0.3, 0.4) is 0 Å². The Morgan fingerprint density at radius 1 is 1.25 bits per heavy atom. The van der Waals surface area contributed by atoms with Crippen molar-refractivity contribution in [2.45, 2.75) is 39.2 Å². The smallest absolute Gasteiger partial charge is 0.241 e. The monoisotopic (exact) mass is 178 g/mol. The molecule has 3 atom stereocenters. The first-order valence-corrected chi connectivity index (χ1v) is 4.48. The van der Waals surface area contributed by atoms with E-state index < -0.39 is 18.4 Å². The van der Waals surface area contributed by atoms with E-state index in [1.54, 1.807) is 0 Å². The van der Waals surface area contributed by atoms with Crippen molar-refractivity contribution in [1.82, 2.24) is 0 Å². The molecule has 1 N–H and O–H groups in total. The van der Waals surface area contributed by atoms with Crippen LogP contribution in [0, 0.1) is 17.8 Å². The summed E-state index contributed by atoms with van der Waals surface area (Å²) >= 11 is 0. The first-order chi connectivity index (χ1) is 5.52. The van der Waals surface area contributed by atoms with Gasteiger partial charge in [-0.15, -0.1) is 0 Å². The Balaban J connectivity index is 2.50. The minimum atomic E-state index is -2.26. The molecule has 0 heterocycles. The Bertz CT molecular complexity index is 147. The predicted molar refractivity (Wildman–Crippen MR) is 43.1 cm³/mol. The molecule has 1 saturated carbocycles. The summed E-state index contributed by atoms with van der Waals surface area (Å²) in [6.07, 6.45) is -2.01. The van der Waals surface area contributed by atoms with E-state index in [1.807, 2.05) is 13.8 Å². The van der Waals surface area contributed by atoms with Crippen LogP contribution in [-0.2, 0) is 0 Å². The molecule has 0 radical (unpaired) electrons. The van der Waals surface area contributed by atoms with Gasteiger partial charge in [-0.2, -0.15) is 0 Å². The Morgan fingerprint density at radius 3 is 2.08 bits per heavy atom. The number of rotatable bonds is 2. The summed E-state index contributed by atoms with van der Waals surface area (Å²) in [6, 6.07) is 0. The van der Waals surface area contributed by atoms with Crippen molar-refractivity contribution in [3.63, 3.8) is 0 Å². The van der Waals surface area contributed by atoms with E-state index in [0.29, 0.717) is 12.3 Å². The highest BCUT2D eigenvalue weighted by molar-refractivity contribution is 4.85. The molecule has 0 aromatic rings. The van der Waals surface area contributed by atoms with Crippen LogP contribution in [0.2, 0.25) is 0 Å². The summed E-state index contributed by atoms with van der Waals surface area (Å²) in [5.41, 5.74) is 0. The van der Waals surface area contributed by atoms with Crippen LogP contribution < -0.4 is 0 Å². The SMILES string of the molecule is CC(C)[C@@H]1C[C@H](C(F)F)C[C@H]1O. The summed E-state index contributed by atoms with van der Waals surface area (Å²) < 4.78 is 24.5. The zero-order valence-corrected chi connectivity index (χ0v) is 7.50. The summed E-state index contributed by atoms with van der Waals surface area (Å²) in [5, 5.41) is 9.45. The average molecular weight is 178 g/mol. The molecule has 0 bridgehead atoms. The number of halogens is 2. The average Bonchev–Trinajstić information content (AvgIpc) is 2.30. The van der Waals surface area contributed by atoms with Crippen molar-refractivity contribution in [2.24, 2.45) is 17.8 Å². The molecule has 0 aromatic heterocycles. The van der Waals surface area contributed by atoms with Crippen LogP contribution in [0.4, 0.5) is 8.78 Å². The summed E-state index contributed by atoms with van der Waals surface area (Å²) in [5.74, 6) is -0.194. The third-order valence-corrected chi connectivity index (χ3v) is 2.83. The second-order valence-electron chi connectivity index (χ2n) is 4.04. The van der Waals surface area contributed by atoms with Gasteiger partial charge in [-0.25, -0.2) is 8.78 Å². The lowest BCUT2D eigenvalue weighted by molar-refractivity contribution is 0.0697. The maximum Gasteiger partial charge on any atom is 0.241 e. The van der Waals surface area contributed by atoms with Crippen LogP contribution in [0.25, 0.3) is 0 Å². The van der Waals surface area contributed by atoms with Gasteiger partial charge in [0.1, 0.15) is 0 Å². The van der Waals surface area contributed by atoms with Gasteiger partial charge in [-0.3, -0.25) is 0 Å². The summed E-state index contributed by atoms with van der Waals surface area (Å²) in [4.78, 5) is 0. The summed E-state index contributed by atoms with van der Waals surface area (Å²) in [6.45, 7) is 3.95. The van der Waals surface area contributed by atoms with Crippen molar-refractivity contribution < 1.29 is 13.9 Å². The maximum absolute atomic E-state index is 12.2. The molecule has 1 rings (SSSR count). The Labute approximate surface area is 71.8 Å². The van der Waals surface area contributed by atoms with Crippen LogP contribution >= 0.6 is 0 Å². The number of aliphatic hydroxyl groups is 1. The molecule has 0 spiro atoms. The van der Waals surface area contributed by atoms with Crippen LogP contribution in [0.1, 0.15) is 26.7 Å². The number of hydrogen-bond acceptors (Lipinski definition) is 1. The van der Waals surface area contributed by atoms with Gasteiger partial charge >= 0.3 is 0 Å². The van der Waals surface area contributed by atoms with E-state index in [1.165, 1.54) is 0 Å². The molecule has 1 nitrogen and oxygen atoms in total. The largest absolute Gasteiger partial charge is 0.393 e. The predicted octanol–water partition coefficient (Wildman–Crippen LogP) is 2.29. The highest BCUT2D eigenvalue weighted by Crippen LogP contribution is 2.38. The van der Waals surface area contributed by atoms with Crippen molar-refractivity contribution in [3.8, 4) is 0 Å². The highest BCUT2D eigenvalue weighted by Gasteiger charge is 2.38. The van der Waals surface area contributed by atoms with Gasteiger partial charge in [-0.1, -0.05) is 13.8 Å². The molecule has 1 fully saturated rings. The van der Waals surface area contributed by atoms with Gasteiger partial charge in [0, 0.05) is 5.92 Å². The fourth-order valence-corrected chi connectivity index (χ4v) is 2.01. The highest BCUT2D eigenvalue weighted by atomic mass is 19.3. The normalized spacial score (nSPS) is 36.8. The lowest BCUT2D eigenvalue weighted by Crippen LogP contribution is -2.18. The molecular weight excluding hydrogens is 162 g/mol. The number of hydrogen-bond donors (Lipinski definition) is 1. The molecular formula is C9H16F2O. The second-order valence-corrected chi connectivity index (χ2v) is 4.04. The van der Waals surface area contributed by atoms with Gasteiger partial charge in [0.2, 0.25) is 6.43 Å². The molecule has 0 unspecified atom stereocenters. The van der Waals surface area contributed by atoms with Crippen LogP contribution in [0.15, 0.2) is 0 Å². The second kappa shape index (κ2) is 3.69. The zero-order valence-electron chi connectivity index (χ0n) is 7.50. The molecule has 1 aliphatic carbocycles. The van der Waals surface area contributed by atoms with Crippen molar-refractivity contribution in [1.29, 1.82) is 0 Å². The quantitative estimate of drug-likeness (QED) is 0.687. The first-order valence-electron chi connectivity index (χ1n) is 4.48.